The van der Waals surface area contributed by atoms with E-state index in [2.05, 4.69) is 5.10 Å². The Balaban J connectivity index is 1.63. The molecular formula is C15H14N2O4. The summed E-state index contributed by atoms with van der Waals surface area (Å²) in [6, 6.07) is 8.89. The number of nitrogens with zero attached hydrogens (tertiary/aromatic N) is 2. The maximum atomic E-state index is 11.9. The first-order valence-electron chi connectivity index (χ1n) is 6.66. The predicted octanol–water partition coefficient (Wildman–Crippen LogP) is 1.40. The van der Waals surface area contributed by atoms with Crippen LogP contribution in [0.1, 0.15) is 22.3 Å². The van der Waals surface area contributed by atoms with Crippen LogP contribution in [0, 0.1) is 0 Å². The summed E-state index contributed by atoms with van der Waals surface area (Å²) in [7, 11) is 0. The second kappa shape index (κ2) is 5.78. The maximum absolute atomic E-state index is 11.9. The van der Waals surface area contributed by atoms with E-state index in [0.29, 0.717) is 25.1 Å². The van der Waals surface area contributed by atoms with Crippen molar-refractivity contribution in [1.82, 2.24) is 9.78 Å². The molecule has 0 spiro atoms. The van der Waals surface area contributed by atoms with E-state index in [0.717, 1.165) is 5.56 Å². The molecule has 2 heterocycles. The highest BCUT2D eigenvalue weighted by Crippen LogP contribution is 2.14. The molecule has 0 N–H and O–H groups in total. The lowest BCUT2D eigenvalue weighted by Crippen LogP contribution is -2.22. The zero-order valence-electron chi connectivity index (χ0n) is 11.3. The minimum Gasteiger partial charge on any atom is -0.463 e. The number of rotatable bonds is 4. The largest absolute Gasteiger partial charge is 0.463 e. The number of ether oxygens (including phenoxy) is 2. The molecule has 0 aliphatic carbocycles. The van der Waals surface area contributed by atoms with Crippen LogP contribution in [0.2, 0.25) is 0 Å². The molecule has 21 heavy (non-hydrogen) atoms. The van der Waals surface area contributed by atoms with Crippen LogP contribution < -0.4 is 0 Å². The van der Waals surface area contributed by atoms with Crippen molar-refractivity contribution in [1.29, 1.82) is 0 Å². The molecule has 1 atom stereocenters. The fraction of sp³-hybridized carbons (Fsp3) is 0.267. The Morgan fingerprint density at radius 3 is 2.81 bits per heavy atom. The first-order chi connectivity index (χ1) is 10.2. The van der Waals surface area contributed by atoms with E-state index in [-0.39, 0.29) is 0 Å². The van der Waals surface area contributed by atoms with E-state index in [4.69, 9.17) is 9.47 Å². The van der Waals surface area contributed by atoms with Crippen LogP contribution in [0.15, 0.2) is 42.7 Å². The number of carbonyl (C=O) groups excluding carboxylic acids is 2. The molecule has 0 radical (unpaired) electrons. The molecule has 1 aliphatic rings. The van der Waals surface area contributed by atoms with E-state index < -0.39 is 18.0 Å². The van der Waals surface area contributed by atoms with Gasteiger partial charge in [-0.05, 0) is 23.8 Å². The Hall–Kier alpha value is -2.63. The van der Waals surface area contributed by atoms with Gasteiger partial charge in [0.15, 0.2) is 0 Å². The number of benzene rings is 1. The first-order valence-corrected chi connectivity index (χ1v) is 6.66. The van der Waals surface area contributed by atoms with Crippen LogP contribution in [-0.2, 0) is 20.8 Å². The minimum atomic E-state index is -0.777. The van der Waals surface area contributed by atoms with Crippen LogP contribution in [0.3, 0.4) is 0 Å². The highest BCUT2D eigenvalue weighted by Gasteiger charge is 2.30. The van der Waals surface area contributed by atoms with Crippen LogP contribution in [0.25, 0.3) is 0 Å². The van der Waals surface area contributed by atoms with Crippen molar-refractivity contribution in [3.8, 4) is 0 Å². The molecule has 1 aliphatic heterocycles. The third-order valence-electron chi connectivity index (χ3n) is 3.23. The van der Waals surface area contributed by atoms with Crippen molar-refractivity contribution in [2.45, 2.75) is 19.1 Å². The highest BCUT2D eigenvalue weighted by atomic mass is 16.6. The molecule has 3 rings (SSSR count). The number of carbonyl (C=O) groups is 2. The van der Waals surface area contributed by atoms with Gasteiger partial charge in [-0.3, -0.25) is 4.68 Å². The number of aromatic nitrogens is 2. The molecule has 1 saturated heterocycles. The van der Waals surface area contributed by atoms with Gasteiger partial charge in [-0.25, -0.2) is 9.59 Å². The van der Waals surface area contributed by atoms with Gasteiger partial charge in [0.1, 0.15) is 0 Å². The predicted molar refractivity (Wildman–Crippen MR) is 72.6 cm³/mol. The molecule has 0 amide bonds. The Bertz CT molecular complexity index is 634. The first kappa shape index (κ1) is 13.4. The standard InChI is InChI=1S/C15H14N2O4/c18-14(21-13-6-9-20-15(13)19)12-4-2-11(3-5-12)10-17-8-1-7-16-17/h1-5,7-8,13H,6,9-10H2/t13-/m1/s1. The summed E-state index contributed by atoms with van der Waals surface area (Å²) < 4.78 is 11.7. The van der Waals surface area contributed by atoms with E-state index in [9.17, 15) is 9.59 Å². The third-order valence-corrected chi connectivity index (χ3v) is 3.23. The van der Waals surface area contributed by atoms with E-state index in [1.165, 1.54) is 0 Å². The smallest absolute Gasteiger partial charge is 0.347 e. The summed E-state index contributed by atoms with van der Waals surface area (Å²) in [5, 5.41) is 4.12. The van der Waals surface area contributed by atoms with Crippen molar-refractivity contribution in [3.63, 3.8) is 0 Å². The van der Waals surface area contributed by atoms with Gasteiger partial charge in [0.2, 0.25) is 6.10 Å². The average Bonchev–Trinajstić information content (AvgIpc) is 3.12. The lowest BCUT2D eigenvalue weighted by atomic mass is 10.1. The zero-order chi connectivity index (χ0) is 14.7. The van der Waals surface area contributed by atoms with Crippen LogP contribution >= 0.6 is 0 Å². The Morgan fingerprint density at radius 1 is 1.38 bits per heavy atom. The van der Waals surface area contributed by atoms with Gasteiger partial charge >= 0.3 is 11.9 Å². The quantitative estimate of drug-likeness (QED) is 0.795. The molecule has 0 saturated carbocycles. The van der Waals surface area contributed by atoms with E-state index in [1.807, 2.05) is 24.4 Å². The normalized spacial score (nSPS) is 17.5. The van der Waals surface area contributed by atoms with Gasteiger partial charge < -0.3 is 9.47 Å². The fourth-order valence-electron chi connectivity index (χ4n) is 2.11. The molecule has 1 aromatic heterocycles. The van der Waals surface area contributed by atoms with E-state index >= 15 is 0 Å². The fourth-order valence-corrected chi connectivity index (χ4v) is 2.11. The molecule has 6 nitrogen and oxygen atoms in total. The second-order valence-corrected chi connectivity index (χ2v) is 4.75. The monoisotopic (exact) mass is 286 g/mol. The van der Waals surface area contributed by atoms with Crippen molar-refractivity contribution >= 4 is 11.9 Å². The lowest BCUT2D eigenvalue weighted by molar-refractivity contribution is -0.145. The molecule has 108 valence electrons. The zero-order valence-corrected chi connectivity index (χ0v) is 11.3. The van der Waals surface area contributed by atoms with Crippen molar-refractivity contribution in [2.75, 3.05) is 6.61 Å². The lowest BCUT2D eigenvalue weighted by Gasteiger charge is -2.09. The third kappa shape index (κ3) is 3.10. The van der Waals surface area contributed by atoms with Crippen molar-refractivity contribution in [2.24, 2.45) is 0 Å². The van der Waals surface area contributed by atoms with Gasteiger partial charge in [-0.15, -0.1) is 0 Å². The topological polar surface area (TPSA) is 70.4 Å². The van der Waals surface area contributed by atoms with E-state index in [1.54, 1.807) is 23.0 Å². The number of cyclic esters (lactones) is 1. The summed E-state index contributed by atoms with van der Waals surface area (Å²) in [5.74, 6) is -0.983. The van der Waals surface area contributed by atoms with Crippen LogP contribution in [-0.4, -0.2) is 34.4 Å². The number of hydrogen-bond donors (Lipinski definition) is 0. The SMILES string of the molecule is O=C(O[C@@H]1CCOC1=O)c1ccc(Cn2cccn2)cc1. The molecular weight excluding hydrogens is 272 g/mol. The minimum absolute atomic E-state index is 0.305. The second-order valence-electron chi connectivity index (χ2n) is 4.75. The van der Waals surface area contributed by atoms with Crippen LogP contribution in [0.4, 0.5) is 0 Å². The molecule has 0 unspecified atom stereocenters. The molecule has 2 aromatic rings. The number of esters is 2. The van der Waals surface area contributed by atoms with Crippen LogP contribution in [0.5, 0.6) is 0 Å². The van der Waals surface area contributed by atoms with Gasteiger partial charge in [0.25, 0.3) is 0 Å². The summed E-state index contributed by atoms with van der Waals surface area (Å²) in [6.07, 6.45) is 3.23. The van der Waals surface area contributed by atoms with Gasteiger partial charge in [-0.2, -0.15) is 5.10 Å². The van der Waals surface area contributed by atoms with Crippen molar-refractivity contribution < 1.29 is 19.1 Å². The Labute approximate surface area is 121 Å². The molecule has 1 aromatic carbocycles. The summed E-state index contributed by atoms with van der Waals surface area (Å²) in [6.45, 7) is 0.941. The molecule has 0 bridgehead atoms. The summed E-state index contributed by atoms with van der Waals surface area (Å²) >= 11 is 0. The molecule has 6 heteroatoms. The summed E-state index contributed by atoms with van der Waals surface area (Å²) in [4.78, 5) is 23.2. The highest BCUT2D eigenvalue weighted by molar-refractivity contribution is 5.91. The average molecular weight is 286 g/mol. The van der Waals surface area contributed by atoms with Gasteiger partial charge in [-0.1, -0.05) is 12.1 Å². The van der Waals surface area contributed by atoms with Gasteiger partial charge in [0, 0.05) is 18.8 Å². The van der Waals surface area contributed by atoms with Crippen molar-refractivity contribution in [3.05, 3.63) is 53.9 Å². The van der Waals surface area contributed by atoms with Gasteiger partial charge in [0.05, 0.1) is 18.7 Å². The number of hydrogen-bond acceptors (Lipinski definition) is 5. The Morgan fingerprint density at radius 2 is 2.19 bits per heavy atom. The maximum Gasteiger partial charge on any atom is 0.347 e. The molecule has 1 fully saturated rings. The Kier molecular flexibility index (Phi) is 3.68. The summed E-state index contributed by atoms with van der Waals surface area (Å²) in [5.41, 5.74) is 1.44.